The van der Waals surface area contributed by atoms with Crippen LogP contribution in [0.1, 0.15) is 40.6 Å². The van der Waals surface area contributed by atoms with Gasteiger partial charge in [0.1, 0.15) is 17.3 Å². The summed E-state index contributed by atoms with van der Waals surface area (Å²) >= 11 is 0. The van der Waals surface area contributed by atoms with E-state index in [0.717, 1.165) is 24.1 Å². The number of halogens is 2. The van der Waals surface area contributed by atoms with Crippen molar-refractivity contribution in [2.75, 3.05) is 7.05 Å². The number of carbonyl (C=O) groups excluding carboxylic acids is 1. The smallest absolute Gasteiger partial charge is 0.270 e. The Bertz CT molecular complexity index is 1370. The summed E-state index contributed by atoms with van der Waals surface area (Å²) in [5, 5.41) is 1.57. The number of amides is 1. The van der Waals surface area contributed by atoms with E-state index in [2.05, 4.69) is 9.97 Å². The molecule has 0 bridgehead atoms. The molecule has 1 amide bonds. The number of hydrogen-bond donors (Lipinski definition) is 2. The molecule has 0 saturated heterocycles. The van der Waals surface area contributed by atoms with Gasteiger partial charge >= 0.3 is 0 Å². The highest BCUT2D eigenvalue weighted by molar-refractivity contribution is 5.98. The van der Waals surface area contributed by atoms with E-state index >= 15 is 0 Å². The summed E-state index contributed by atoms with van der Waals surface area (Å²) in [4.78, 5) is 33.2. The lowest BCUT2D eigenvalue weighted by molar-refractivity contribution is 0.0710. The van der Waals surface area contributed by atoms with E-state index in [1.165, 1.54) is 24.3 Å². The third-order valence-electron chi connectivity index (χ3n) is 5.94. The Balaban J connectivity index is 1.59. The van der Waals surface area contributed by atoms with Gasteiger partial charge in [-0.05, 0) is 61.0 Å². The third-order valence-corrected chi connectivity index (χ3v) is 5.94. The average molecular weight is 407 g/mol. The molecule has 5 rings (SSSR count). The monoisotopic (exact) mass is 407 g/mol. The van der Waals surface area contributed by atoms with Crippen molar-refractivity contribution < 1.29 is 13.6 Å². The number of benzene rings is 2. The van der Waals surface area contributed by atoms with Gasteiger partial charge in [0, 0.05) is 29.2 Å². The second-order valence-electron chi connectivity index (χ2n) is 7.77. The van der Waals surface area contributed by atoms with Gasteiger partial charge < -0.3 is 14.9 Å². The van der Waals surface area contributed by atoms with Crippen LogP contribution in [0.15, 0.2) is 47.3 Å². The summed E-state index contributed by atoms with van der Waals surface area (Å²) in [6.45, 7) is 0. The van der Waals surface area contributed by atoms with E-state index in [9.17, 15) is 18.4 Å². The molecule has 5 nitrogen and oxygen atoms in total. The molecule has 2 N–H and O–H groups in total. The van der Waals surface area contributed by atoms with E-state index in [1.54, 1.807) is 30.1 Å². The van der Waals surface area contributed by atoms with Crippen molar-refractivity contribution in [2.45, 2.75) is 25.3 Å². The summed E-state index contributed by atoms with van der Waals surface area (Å²) in [5.74, 6) is -1.07. The Morgan fingerprint density at radius 2 is 1.80 bits per heavy atom. The minimum atomic E-state index is -0.477. The zero-order chi connectivity index (χ0) is 21.0. The first-order valence-electron chi connectivity index (χ1n) is 9.82. The average Bonchev–Trinajstić information content (AvgIpc) is 3.15. The molecule has 30 heavy (non-hydrogen) atoms. The maximum absolute atomic E-state index is 13.7. The number of nitrogens with one attached hydrogen (secondary N) is 2. The maximum Gasteiger partial charge on any atom is 0.270 e. The normalized spacial score (nSPS) is 16.0. The zero-order valence-corrected chi connectivity index (χ0v) is 16.3. The molecule has 0 fully saturated rings. The number of aryl methyl sites for hydroxylation is 1. The van der Waals surface area contributed by atoms with Crippen LogP contribution in [0, 0.1) is 11.6 Å². The molecule has 152 valence electrons. The van der Waals surface area contributed by atoms with Crippen LogP contribution in [-0.2, 0) is 6.42 Å². The maximum atomic E-state index is 13.7. The van der Waals surface area contributed by atoms with Crippen molar-refractivity contribution in [3.8, 4) is 0 Å². The molecule has 2 heterocycles. The highest BCUT2D eigenvalue weighted by Gasteiger charge is 2.30. The summed E-state index contributed by atoms with van der Waals surface area (Å²) in [6, 6.07) is 9.87. The van der Waals surface area contributed by atoms with E-state index in [0.29, 0.717) is 28.4 Å². The Kier molecular flexibility index (Phi) is 4.20. The third kappa shape index (κ3) is 2.89. The van der Waals surface area contributed by atoms with Crippen LogP contribution in [0.2, 0.25) is 0 Å². The van der Waals surface area contributed by atoms with Crippen LogP contribution in [0.4, 0.5) is 8.78 Å². The zero-order valence-electron chi connectivity index (χ0n) is 16.3. The molecule has 0 unspecified atom stereocenters. The molecule has 2 aromatic carbocycles. The summed E-state index contributed by atoms with van der Waals surface area (Å²) in [6.07, 6.45) is 2.24. The second-order valence-corrected chi connectivity index (χ2v) is 7.77. The second kappa shape index (κ2) is 6.79. The van der Waals surface area contributed by atoms with Gasteiger partial charge in [-0.2, -0.15) is 0 Å². The number of hydrogen-bond acceptors (Lipinski definition) is 2. The molecule has 4 aromatic rings. The van der Waals surface area contributed by atoms with Crippen molar-refractivity contribution in [3.63, 3.8) is 0 Å². The summed E-state index contributed by atoms with van der Waals surface area (Å²) in [5.41, 5.74) is 2.37. The lowest BCUT2D eigenvalue weighted by Gasteiger charge is -2.33. The molecular formula is C23H19F2N3O2. The largest absolute Gasteiger partial charge is 0.351 e. The van der Waals surface area contributed by atoms with Crippen LogP contribution in [0.5, 0.6) is 0 Å². The van der Waals surface area contributed by atoms with Crippen LogP contribution >= 0.6 is 0 Å². The SMILES string of the molecule is CN(C(=O)c1cc2cc(F)ccc2[nH]1)[C@@H]1CCCc2[nH]c(=O)c3cc(F)ccc3c21. The lowest BCUT2D eigenvalue weighted by atomic mass is 9.86. The first-order valence-corrected chi connectivity index (χ1v) is 9.82. The Morgan fingerprint density at radius 3 is 2.63 bits per heavy atom. The number of nitrogens with zero attached hydrogens (tertiary/aromatic N) is 1. The first kappa shape index (κ1) is 18.5. The lowest BCUT2D eigenvalue weighted by Crippen LogP contribution is -2.34. The van der Waals surface area contributed by atoms with E-state index in [1.807, 2.05) is 0 Å². The van der Waals surface area contributed by atoms with Crippen LogP contribution in [0.25, 0.3) is 21.7 Å². The van der Waals surface area contributed by atoms with Gasteiger partial charge in [-0.15, -0.1) is 0 Å². The molecule has 0 aliphatic heterocycles. The molecule has 1 aliphatic carbocycles. The minimum absolute atomic E-state index is 0.231. The number of pyridine rings is 1. The van der Waals surface area contributed by atoms with Gasteiger partial charge in [0.25, 0.3) is 11.5 Å². The van der Waals surface area contributed by atoms with Gasteiger partial charge in [-0.3, -0.25) is 9.59 Å². The molecule has 0 saturated carbocycles. The Hall–Kier alpha value is -3.48. The highest BCUT2D eigenvalue weighted by atomic mass is 19.1. The number of aromatic nitrogens is 2. The van der Waals surface area contributed by atoms with Crippen LogP contribution in [-0.4, -0.2) is 27.8 Å². The fourth-order valence-electron chi connectivity index (χ4n) is 4.51. The van der Waals surface area contributed by atoms with E-state index in [4.69, 9.17) is 0 Å². The fourth-order valence-corrected chi connectivity index (χ4v) is 4.51. The molecule has 0 radical (unpaired) electrons. The van der Waals surface area contributed by atoms with Gasteiger partial charge in [0.2, 0.25) is 0 Å². The minimum Gasteiger partial charge on any atom is -0.351 e. The number of H-pyrrole nitrogens is 2. The van der Waals surface area contributed by atoms with Crippen LogP contribution in [0.3, 0.4) is 0 Å². The van der Waals surface area contributed by atoms with Crippen LogP contribution < -0.4 is 5.56 Å². The number of carbonyl (C=O) groups is 1. The van der Waals surface area contributed by atoms with Gasteiger partial charge in [0.05, 0.1) is 11.4 Å². The van der Waals surface area contributed by atoms with Crippen molar-refractivity contribution in [2.24, 2.45) is 0 Å². The van der Waals surface area contributed by atoms with Crippen molar-refractivity contribution in [1.82, 2.24) is 14.9 Å². The fraction of sp³-hybridized carbons (Fsp3) is 0.217. The molecule has 1 aliphatic rings. The van der Waals surface area contributed by atoms with Crippen molar-refractivity contribution in [3.05, 3.63) is 81.4 Å². The van der Waals surface area contributed by atoms with Crippen molar-refractivity contribution in [1.29, 1.82) is 0 Å². The standard InChI is InChI=1S/C23H19F2N3O2/c1-28(23(30)19-10-12-9-13(24)6-8-17(12)26-19)20-4-2-3-18-21(20)15-7-5-14(25)11-16(15)22(29)27-18/h5-11,20,26H,2-4H2,1H3,(H,27,29)/t20-/m1/s1. The highest BCUT2D eigenvalue weighted by Crippen LogP contribution is 2.37. The van der Waals surface area contributed by atoms with E-state index in [-0.39, 0.29) is 28.7 Å². The van der Waals surface area contributed by atoms with E-state index < -0.39 is 5.82 Å². The molecule has 2 aromatic heterocycles. The number of fused-ring (bicyclic) bond motifs is 4. The van der Waals surface area contributed by atoms with Gasteiger partial charge in [0.15, 0.2) is 0 Å². The summed E-state index contributed by atoms with van der Waals surface area (Å²) < 4.78 is 27.2. The van der Waals surface area contributed by atoms with Gasteiger partial charge in [-0.25, -0.2) is 8.78 Å². The molecule has 7 heteroatoms. The van der Waals surface area contributed by atoms with Gasteiger partial charge in [-0.1, -0.05) is 6.07 Å². The predicted molar refractivity (Wildman–Crippen MR) is 111 cm³/mol. The topological polar surface area (TPSA) is 69.0 Å². The predicted octanol–water partition coefficient (Wildman–Crippen LogP) is 4.44. The Labute approximate surface area is 170 Å². The van der Waals surface area contributed by atoms with Crippen molar-refractivity contribution >= 4 is 27.6 Å². The Morgan fingerprint density at radius 1 is 1.03 bits per heavy atom. The molecule has 0 spiro atoms. The number of rotatable bonds is 2. The summed E-state index contributed by atoms with van der Waals surface area (Å²) in [7, 11) is 1.72. The number of aromatic amines is 2. The quantitative estimate of drug-likeness (QED) is 0.516. The molecular weight excluding hydrogens is 388 g/mol. The first-order chi connectivity index (χ1) is 14.4. The molecule has 1 atom stereocenters.